The number of anilines is 1. The van der Waals surface area contributed by atoms with E-state index in [1.165, 1.54) is 25.7 Å². The summed E-state index contributed by atoms with van der Waals surface area (Å²) in [4.78, 5) is 0. The first-order chi connectivity index (χ1) is 9.52. The summed E-state index contributed by atoms with van der Waals surface area (Å²) in [5, 5.41) is 3.58. The predicted molar refractivity (Wildman–Crippen MR) is 86.0 cm³/mol. The predicted octanol–water partition coefficient (Wildman–Crippen LogP) is 4.86. The highest BCUT2D eigenvalue weighted by molar-refractivity contribution is 5.60. The highest BCUT2D eigenvalue weighted by Gasteiger charge is 2.19. The van der Waals surface area contributed by atoms with Crippen molar-refractivity contribution in [3.05, 3.63) is 18.2 Å². The van der Waals surface area contributed by atoms with Crippen molar-refractivity contribution in [1.29, 1.82) is 0 Å². The van der Waals surface area contributed by atoms with E-state index in [2.05, 4.69) is 26.1 Å². The molecule has 0 aliphatic rings. The van der Waals surface area contributed by atoms with E-state index in [0.29, 0.717) is 0 Å². The zero-order chi connectivity index (χ0) is 15.0. The first-order valence-electron chi connectivity index (χ1n) is 7.52. The molecule has 1 N–H and O–H groups in total. The molecule has 3 heteroatoms. The van der Waals surface area contributed by atoms with Gasteiger partial charge < -0.3 is 14.8 Å². The molecule has 0 radical (unpaired) electrons. The Hall–Kier alpha value is -1.38. The zero-order valence-electron chi connectivity index (χ0n) is 13.6. The molecule has 1 aromatic carbocycles. The second-order valence-corrected chi connectivity index (χ2v) is 5.89. The lowest BCUT2D eigenvalue weighted by atomic mass is 9.96. The number of methoxy groups -OCH3 is 2. The molecule has 0 unspecified atom stereocenters. The van der Waals surface area contributed by atoms with Crippen molar-refractivity contribution in [3.63, 3.8) is 0 Å². The molecule has 0 saturated carbocycles. The van der Waals surface area contributed by atoms with E-state index in [1.54, 1.807) is 14.2 Å². The standard InChI is InChI=1S/C17H29NO2/c1-6-7-8-9-12-17(2,3)18-15-13-14(19-4)10-11-16(15)20-5/h10-11,13,18H,6-9,12H2,1-5H3. The van der Waals surface area contributed by atoms with Crippen molar-refractivity contribution < 1.29 is 9.47 Å². The number of unbranched alkanes of at least 4 members (excludes halogenated alkanes) is 3. The second kappa shape index (κ2) is 8.03. The van der Waals surface area contributed by atoms with Crippen LogP contribution in [0.3, 0.4) is 0 Å². The maximum absolute atomic E-state index is 5.42. The van der Waals surface area contributed by atoms with Crippen LogP contribution in [0, 0.1) is 0 Å². The number of ether oxygens (including phenoxy) is 2. The van der Waals surface area contributed by atoms with Crippen LogP contribution >= 0.6 is 0 Å². The van der Waals surface area contributed by atoms with E-state index < -0.39 is 0 Å². The van der Waals surface area contributed by atoms with Crippen LogP contribution in [0.4, 0.5) is 5.69 Å². The Kier molecular flexibility index (Phi) is 6.69. The summed E-state index contributed by atoms with van der Waals surface area (Å²) >= 11 is 0. The first kappa shape index (κ1) is 16.7. The number of hydrogen-bond acceptors (Lipinski definition) is 3. The Morgan fingerprint density at radius 2 is 1.80 bits per heavy atom. The van der Waals surface area contributed by atoms with Crippen LogP contribution in [-0.4, -0.2) is 19.8 Å². The minimum Gasteiger partial charge on any atom is -0.497 e. The van der Waals surface area contributed by atoms with E-state index in [1.807, 2.05) is 18.2 Å². The van der Waals surface area contributed by atoms with E-state index in [9.17, 15) is 0 Å². The van der Waals surface area contributed by atoms with Gasteiger partial charge >= 0.3 is 0 Å². The molecule has 0 saturated heterocycles. The number of hydrogen-bond donors (Lipinski definition) is 1. The number of rotatable bonds is 9. The lowest BCUT2D eigenvalue weighted by molar-refractivity contribution is 0.401. The SMILES string of the molecule is CCCCCCC(C)(C)Nc1cc(OC)ccc1OC. The van der Waals surface area contributed by atoms with Gasteiger partial charge in [-0.25, -0.2) is 0 Å². The van der Waals surface area contributed by atoms with E-state index in [-0.39, 0.29) is 5.54 Å². The molecule has 0 fully saturated rings. The lowest BCUT2D eigenvalue weighted by Gasteiger charge is -2.28. The molecular weight excluding hydrogens is 250 g/mol. The Morgan fingerprint density at radius 3 is 2.40 bits per heavy atom. The van der Waals surface area contributed by atoms with Crippen molar-refractivity contribution in [2.45, 2.75) is 58.4 Å². The van der Waals surface area contributed by atoms with Gasteiger partial charge in [0.25, 0.3) is 0 Å². The molecule has 3 nitrogen and oxygen atoms in total. The maximum atomic E-state index is 5.42. The molecule has 1 rings (SSSR count). The van der Waals surface area contributed by atoms with Crippen LogP contribution < -0.4 is 14.8 Å². The minimum absolute atomic E-state index is 0.0490. The zero-order valence-corrected chi connectivity index (χ0v) is 13.6. The summed E-state index contributed by atoms with van der Waals surface area (Å²) in [6, 6.07) is 5.85. The average Bonchev–Trinajstić information content (AvgIpc) is 2.43. The average molecular weight is 279 g/mol. The summed E-state index contributed by atoms with van der Waals surface area (Å²) in [6.45, 7) is 6.71. The van der Waals surface area contributed by atoms with Crippen molar-refractivity contribution in [1.82, 2.24) is 0 Å². The molecular formula is C17H29NO2. The molecule has 1 aromatic rings. The Morgan fingerprint density at radius 1 is 1.05 bits per heavy atom. The smallest absolute Gasteiger partial charge is 0.142 e. The number of benzene rings is 1. The normalized spacial score (nSPS) is 11.2. The van der Waals surface area contributed by atoms with E-state index in [4.69, 9.17) is 9.47 Å². The van der Waals surface area contributed by atoms with Gasteiger partial charge in [-0.3, -0.25) is 0 Å². The quantitative estimate of drug-likeness (QED) is 0.654. The minimum atomic E-state index is 0.0490. The molecule has 0 atom stereocenters. The summed E-state index contributed by atoms with van der Waals surface area (Å²) in [5.74, 6) is 1.70. The molecule has 0 spiro atoms. The molecule has 0 aromatic heterocycles. The summed E-state index contributed by atoms with van der Waals surface area (Å²) in [6.07, 6.45) is 6.29. The van der Waals surface area contributed by atoms with Crippen molar-refractivity contribution in [2.75, 3.05) is 19.5 Å². The molecule has 0 aliphatic carbocycles. The van der Waals surface area contributed by atoms with Crippen molar-refractivity contribution in [2.24, 2.45) is 0 Å². The van der Waals surface area contributed by atoms with E-state index in [0.717, 1.165) is 23.6 Å². The van der Waals surface area contributed by atoms with Gasteiger partial charge in [-0.05, 0) is 32.4 Å². The first-order valence-corrected chi connectivity index (χ1v) is 7.52. The van der Waals surface area contributed by atoms with Crippen LogP contribution in [0.15, 0.2) is 18.2 Å². The molecule has 0 aliphatic heterocycles. The molecule has 0 amide bonds. The Bertz CT molecular complexity index is 402. The fourth-order valence-corrected chi connectivity index (χ4v) is 2.33. The highest BCUT2D eigenvalue weighted by atomic mass is 16.5. The molecule has 20 heavy (non-hydrogen) atoms. The van der Waals surface area contributed by atoms with Crippen LogP contribution in [-0.2, 0) is 0 Å². The largest absolute Gasteiger partial charge is 0.497 e. The molecule has 0 bridgehead atoms. The van der Waals surface area contributed by atoms with Crippen LogP contribution in [0.2, 0.25) is 0 Å². The van der Waals surface area contributed by atoms with Gasteiger partial charge in [0, 0.05) is 11.6 Å². The molecule has 114 valence electrons. The van der Waals surface area contributed by atoms with E-state index >= 15 is 0 Å². The van der Waals surface area contributed by atoms with Crippen LogP contribution in [0.5, 0.6) is 11.5 Å². The van der Waals surface area contributed by atoms with Gasteiger partial charge in [-0.2, -0.15) is 0 Å². The van der Waals surface area contributed by atoms with Gasteiger partial charge in [-0.1, -0.05) is 32.6 Å². The van der Waals surface area contributed by atoms with Gasteiger partial charge in [0.15, 0.2) is 0 Å². The monoisotopic (exact) mass is 279 g/mol. The highest BCUT2D eigenvalue weighted by Crippen LogP contribution is 2.32. The maximum Gasteiger partial charge on any atom is 0.142 e. The van der Waals surface area contributed by atoms with Gasteiger partial charge in [-0.15, -0.1) is 0 Å². The van der Waals surface area contributed by atoms with Gasteiger partial charge in [0.05, 0.1) is 19.9 Å². The second-order valence-electron chi connectivity index (χ2n) is 5.89. The molecule has 0 heterocycles. The van der Waals surface area contributed by atoms with Crippen molar-refractivity contribution in [3.8, 4) is 11.5 Å². The van der Waals surface area contributed by atoms with Crippen LogP contribution in [0.1, 0.15) is 52.9 Å². The number of nitrogens with one attached hydrogen (secondary N) is 1. The Labute approximate surface area is 123 Å². The summed E-state index contributed by atoms with van der Waals surface area (Å²) in [5.41, 5.74) is 1.04. The van der Waals surface area contributed by atoms with Crippen molar-refractivity contribution >= 4 is 5.69 Å². The van der Waals surface area contributed by atoms with Gasteiger partial charge in [0.1, 0.15) is 11.5 Å². The third kappa shape index (κ3) is 5.32. The summed E-state index contributed by atoms with van der Waals surface area (Å²) in [7, 11) is 3.38. The van der Waals surface area contributed by atoms with Gasteiger partial charge in [0.2, 0.25) is 0 Å². The Balaban J connectivity index is 2.69. The fraction of sp³-hybridized carbons (Fsp3) is 0.647. The third-order valence-electron chi connectivity index (χ3n) is 3.54. The van der Waals surface area contributed by atoms with Crippen LogP contribution in [0.25, 0.3) is 0 Å². The third-order valence-corrected chi connectivity index (χ3v) is 3.54. The topological polar surface area (TPSA) is 30.5 Å². The summed E-state index contributed by atoms with van der Waals surface area (Å²) < 4.78 is 10.7. The lowest BCUT2D eigenvalue weighted by Crippen LogP contribution is -2.30. The fourth-order valence-electron chi connectivity index (χ4n) is 2.33.